The van der Waals surface area contributed by atoms with Crippen LogP contribution in [-0.4, -0.2) is 50.1 Å². The van der Waals surface area contributed by atoms with Crippen LogP contribution < -0.4 is 10.6 Å². The summed E-state index contributed by atoms with van der Waals surface area (Å²) in [6, 6.07) is 13.2. The number of hydrogen-bond acceptors (Lipinski definition) is 6. The SMILES string of the molecule is CSCCC(NC(=O)c1ccccc1Cl)C(=O)Nc1cccc(-n2nnnc2C)c1. The summed E-state index contributed by atoms with van der Waals surface area (Å²) < 4.78 is 1.57. The highest BCUT2D eigenvalue weighted by atomic mass is 35.5. The maximum Gasteiger partial charge on any atom is 0.253 e. The third-order valence-electron chi connectivity index (χ3n) is 4.33. The van der Waals surface area contributed by atoms with Crippen LogP contribution in [0.3, 0.4) is 0 Å². The van der Waals surface area contributed by atoms with Gasteiger partial charge in [-0.05, 0) is 66.1 Å². The van der Waals surface area contributed by atoms with Gasteiger partial charge in [0, 0.05) is 5.69 Å². The van der Waals surface area contributed by atoms with Gasteiger partial charge in [0.25, 0.3) is 5.91 Å². The lowest BCUT2D eigenvalue weighted by Crippen LogP contribution is -2.44. The molecule has 2 aromatic carbocycles. The van der Waals surface area contributed by atoms with E-state index in [1.165, 1.54) is 0 Å². The number of carbonyl (C=O) groups excluding carboxylic acids is 2. The number of aryl methyl sites for hydroxylation is 1. The van der Waals surface area contributed by atoms with Crippen molar-refractivity contribution in [3.8, 4) is 5.69 Å². The molecule has 2 N–H and O–H groups in total. The van der Waals surface area contributed by atoms with E-state index in [1.54, 1.807) is 65.8 Å². The number of rotatable bonds is 8. The lowest BCUT2D eigenvalue weighted by atomic mass is 10.1. The summed E-state index contributed by atoms with van der Waals surface area (Å²) in [4.78, 5) is 25.6. The molecule has 0 aliphatic carbocycles. The molecule has 30 heavy (non-hydrogen) atoms. The average molecular weight is 445 g/mol. The minimum atomic E-state index is -0.709. The molecule has 1 unspecified atom stereocenters. The Bertz CT molecular complexity index is 1040. The zero-order chi connectivity index (χ0) is 21.5. The molecule has 2 amide bonds. The number of carbonyl (C=O) groups is 2. The van der Waals surface area contributed by atoms with Crippen LogP contribution in [-0.2, 0) is 4.79 Å². The molecule has 0 saturated carbocycles. The molecule has 8 nitrogen and oxygen atoms in total. The van der Waals surface area contributed by atoms with Crippen LogP contribution in [0.15, 0.2) is 48.5 Å². The number of anilines is 1. The first kappa shape index (κ1) is 21.8. The highest BCUT2D eigenvalue weighted by molar-refractivity contribution is 7.98. The second-order valence-electron chi connectivity index (χ2n) is 6.46. The van der Waals surface area contributed by atoms with E-state index in [2.05, 4.69) is 26.2 Å². The van der Waals surface area contributed by atoms with Crippen molar-refractivity contribution in [2.24, 2.45) is 0 Å². The largest absolute Gasteiger partial charge is 0.340 e. The molecule has 1 aromatic heterocycles. The van der Waals surface area contributed by atoms with E-state index in [0.29, 0.717) is 34.3 Å². The van der Waals surface area contributed by atoms with Crippen molar-refractivity contribution in [1.82, 2.24) is 25.5 Å². The lowest BCUT2D eigenvalue weighted by Gasteiger charge is -2.19. The molecule has 0 aliphatic rings. The fourth-order valence-corrected chi connectivity index (χ4v) is 3.49. The second kappa shape index (κ2) is 10.2. The third kappa shape index (κ3) is 5.37. The summed E-state index contributed by atoms with van der Waals surface area (Å²) in [5, 5.41) is 17.4. The molecule has 0 spiro atoms. The van der Waals surface area contributed by atoms with Crippen LogP contribution in [0.4, 0.5) is 5.69 Å². The van der Waals surface area contributed by atoms with Gasteiger partial charge in [0.05, 0.1) is 16.3 Å². The Morgan fingerprint density at radius 1 is 1.20 bits per heavy atom. The van der Waals surface area contributed by atoms with Crippen molar-refractivity contribution in [3.63, 3.8) is 0 Å². The molecule has 10 heteroatoms. The van der Waals surface area contributed by atoms with Gasteiger partial charge in [0.1, 0.15) is 6.04 Å². The van der Waals surface area contributed by atoms with Crippen LogP contribution in [0.2, 0.25) is 5.02 Å². The molecular weight excluding hydrogens is 424 g/mol. The van der Waals surface area contributed by atoms with Gasteiger partial charge >= 0.3 is 0 Å². The molecule has 0 radical (unpaired) electrons. The zero-order valence-electron chi connectivity index (χ0n) is 16.5. The van der Waals surface area contributed by atoms with E-state index in [1.807, 2.05) is 12.3 Å². The highest BCUT2D eigenvalue weighted by Crippen LogP contribution is 2.17. The molecule has 3 rings (SSSR count). The Balaban J connectivity index is 1.75. The lowest BCUT2D eigenvalue weighted by molar-refractivity contribution is -0.118. The highest BCUT2D eigenvalue weighted by Gasteiger charge is 2.22. The number of benzene rings is 2. The van der Waals surface area contributed by atoms with Crippen molar-refractivity contribution >= 4 is 40.9 Å². The van der Waals surface area contributed by atoms with Crippen LogP contribution in [0.5, 0.6) is 0 Å². The molecule has 3 aromatic rings. The molecule has 0 fully saturated rings. The topological polar surface area (TPSA) is 102 Å². The molecule has 1 atom stereocenters. The van der Waals surface area contributed by atoms with E-state index < -0.39 is 6.04 Å². The monoisotopic (exact) mass is 444 g/mol. The van der Waals surface area contributed by atoms with E-state index in [-0.39, 0.29) is 11.8 Å². The van der Waals surface area contributed by atoms with Gasteiger partial charge in [-0.3, -0.25) is 9.59 Å². The number of amides is 2. The van der Waals surface area contributed by atoms with Crippen molar-refractivity contribution in [1.29, 1.82) is 0 Å². The first-order valence-corrected chi connectivity index (χ1v) is 11.0. The Kier molecular flexibility index (Phi) is 7.42. The normalized spacial score (nSPS) is 11.7. The number of nitrogens with one attached hydrogen (secondary N) is 2. The maximum absolute atomic E-state index is 12.9. The average Bonchev–Trinajstić information content (AvgIpc) is 3.17. The summed E-state index contributed by atoms with van der Waals surface area (Å²) in [6.07, 6.45) is 2.43. The molecule has 0 aliphatic heterocycles. The van der Waals surface area contributed by atoms with Gasteiger partial charge in [-0.1, -0.05) is 29.8 Å². The van der Waals surface area contributed by atoms with Gasteiger partial charge in [-0.25, -0.2) is 0 Å². The predicted molar refractivity (Wildman–Crippen MR) is 118 cm³/mol. The van der Waals surface area contributed by atoms with Crippen LogP contribution >= 0.6 is 23.4 Å². The van der Waals surface area contributed by atoms with Gasteiger partial charge < -0.3 is 10.6 Å². The maximum atomic E-state index is 12.9. The first-order valence-electron chi connectivity index (χ1n) is 9.20. The number of nitrogens with zero attached hydrogens (tertiary/aromatic N) is 4. The summed E-state index contributed by atoms with van der Waals surface area (Å²) in [5.74, 6) is 0.642. The number of tetrazole rings is 1. The zero-order valence-corrected chi connectivity index (χ0v) is 18.1. The first-order chi connectivity index (χ1) is 14.5. The minimum absolute atomic E-state index is 0.310. The predicted octanol–water partition coefficient (Wildman–Crippen LogP) is 3.11. The van der Waals surface area contributed by atoms with E-state index >= 15 is 0 Å². The summed E-state index contributed by atoms with van der Waals surface area (Å²) in [5.41, 5.74) is 1.63. The van der Waals surface area contributed by atoms with E-state index in [0.717, 1.165) is 5.69 Å². The second-order valence-corrected chi connectivity index (χ2v) is 7.86. The Morgan fingerprint density at radius 2 is 2.00 bits per heavy atom. The van der Waals surface area contributed by atoms with Crippen LogP contribution in [0.1, 0.15) is 22.6 Å². The van der Waals surface area contributed by atoms with E-state index in [9.17, 15) is 9.59 Å². The van der Waals surface area contributed by atoms with Gasteiger partial charge in [-0.15, -0.1) is 5.10 Å². The number of aromatic nitrogens is 4. The number of halogens is 1. The Morgan fingerprint density at radius 3 is 2.70 bits per heavy atom. The van der Waals surface area contributed by atoms with E-state index in [4.69, 9.17) is 11.6 Å². The van der Waals surface area contributed by atoms with Crippen LogP contribution in [0.25, 0.3) is 5.69 Å². The van der Waals surface area contributed by atoms with Gasteiger partial charge in [-0.2, -0.15) is 16.4 Å². The quantitative estimate of drug-likeness (QED) is 0.553. The van der Waals surface area contributed by atoms with Crippen molar-refractivity contribution in [2.75, 3.05) is 17.3 Å². The fraction of sp³-hybridized carbons (Fsp3) is 0.250. The molecule has 1 heterocycles. The fourth-order valence-electron chi connectivity index (χ4n) is 2.80. The summed E-state index contributed by atoms with van der Waals surface area (Å²) >= 11 is 7.71. The molecule has 0 bridgehead atoms. The smallest absolute Gasteiger partial charge is 0.253 e. The standard InChI is InChI=1S/C20H21ClN6O2S/c1-13-24-25-26-27(13)15-7-5-6-14(12-15)22-20(29)18(10-11-30-2)23-19(28)16-8-3-4-9-17(16)21/h3-9,12,18H,10-11H2,1-2H3,(H,22,29)(H,23,28). The summed E-state index contributed by atoms with van der Waals surface area (Å²) in [6.45, 7) is 1.79. The van der Waals surface area contributed by atoms with Gasteiger partial charge in [0.15, 0.2) is 5.82 Å². The molecule has 0 saturated heterocycles. The minimum Gasteiger partial charge on any atom is -0.340 e. The number of hydrogen-bond donors (Lipinski definition) is 2. The Labute approximate surface area is 183 Å². The number of thioether (sulfide) groups is 1. The third-order valence-corrected chi connectivity index (χ3v) is 5.31. The van der Waals surface area contributed by atoms with Crippen molar-refractivity contribution in [2.45, 2.75) is 19.4 Å². The van der Waals surface area contributed by atoms with Crippen LogP contribution in [0, 0.1) is 6.92 Å². The van der Waals surface area contributed by atoms with Crippen molar-refractivity contribution in [3.05, 3.63) is 64.9 Å². The molecule has 156 valence electrons. The Hall–Kier alpha value is -2.91. The van der Waals surface area contributed by atoms with Gasteiger partial charge in [0.2, 0.25) is 5.91 Å². The molecular formula is C20H21ClN6O2S. The van der Waals surface area contributed by atoms with Crippen molar-refractivity contribution < 1.29 is 9.59 Å². The summed E-state index contributed by atoms with van der Waals surface area (Å²) in [7, 11) is 0.